The van der Waals surface area contributed by atoms with Gasteiger partial charge in [-0.15, -0.1) is 0 Å². The molecule has 0 N–H and O–H groups in total. The van der Waals surface area contributed by atoms with E-state index in [0.29, 0.717) is 24.8 Å². The molecule has 1 aliphatic carbocycles. The third-order valence-electron chi connectivity index (χ3n) is 5.98. The zero-order chi connectivity index (χ0) is 21.9. The van der Waals surface area contributed by atoms with Gasteiger partial charge in [0.15, 0.2) is 0 Å². The molecule has 2 aromatic carbocycles. The third kappa shape index (κ3) is 4.51. The van der Waals surface area contributed by atoms with Crippen LogP contribution in [0.25, 0.3) is 17.5 Å². The summed E-state index contributed by atoms with van der Waals surface area (Å²) in [4.78, 5) is 21.3. The molecule has 1 aromatic heterocycles. The molecule has 0 spiro atoms. The van der Waals surface area contributed by atoms with Crippen molar-refractivity contribution in [3.63, 3.8) is 0 Å². The maximum absolute atomic E-state index is 12.6. The van der Waals surface area contributed by atoms with Gasteiger partial charge in [-0.05, 0) is 60.9 Å². The predicted molar refractivity (Wildman–Crippen MR) is 123 cm³/mol. The second kappa shape index (κ2) is 8.86. The van der Waals surface area contributed by atoms with Crippen molar-refractivity contribution in [2.75, 3.05) is 38.2 Å². The smallest absolute Gasteiger partial charge is 0.246 e. The minimum absolute atomic E-state index is 0.0411. The number of rotatable bonds is 6. The molecule has 0 radical (unpaired) electrons. The van der Waals surface area contributed by atoms with Crippen LogP contribution in [0.15, 0.2) is 59.1 Å². The summed E-state index contributed by atoms with van der Waals surface area (Å²) >= 11 is 0. The summed E-state index contributed by atoms with van der Waals surface area (Å²) in [6, 6.07) is 15.9. The number of amides is 1. The molecule has 7 nitrogen and oxygen atoms in total. The van der Waals surface area contributed by atoms with Crippen molar-refractivity contribution in [3.05, 3.63) is 66.1 Å². The van der Waals surface area contributed by atoms with Crippen molar-refractivity contribution in [1.82, 2.24) is 15.0 Å². The van der Waals surface area contributed by atoms with Gasteiger partial charge in [0.2, 0.25) is 17.6 Å². The topological polar surface area (TPSA) is 71.7 Å². The molecule has 5 rings (SSSR count). The third-order valence-corrected chi connectivity index (χ3v) is 5.98. The Bertz CT molecular complexity index is 1090. The number of hydrogen-bond acceptors (Lipinski definition) is 6. The highest BCUT2D eigenvalue weighted by molar-refractivity contribution is 5.92. The summed E-state index contributed by atoms with van der Waals surface area (Å²) < 4.78 is 10.5. The van der Waals surface area contributed by atoms with Gasteiger partial charge in [-0.2, -0.15) is 4.98 Å². The Balaban J connectivity index is 1.15. The van der Waals surface area contributed by atoms with Gasteiger partial charge in [-0.3, -0.25) is 4.79 Å². The standard InChI is InChI=1S/C25H26N4O3/c1-31-22-11-2-18(3-12-22)4-13-23(30)29-16-14-28(15-17-29)21-9-7-19(8-10-21)24-26-25(32-27-24)20-5-6-20/h2-4,7-13,20H,5-6,14-17H2,1H3/b13-4+. The molecule has 2 heterocycles. The quantitative estimate of drug-likeness (QED) is 0.551. The molecule has 7 heteroatoms. The number of carbonyl (C=O) groups is 1. The molecule has 164 valence electrons. The van der Waals surface area contributed by atoms with Gasteiger partial charge in [-0.1, -0.05) is 17.3 Å². The van der Waals surface area contributed by atoms with Crippen LogP contribution in [0.3, 0.4) is 0 Å². The van der Waals surface area contributed by atoms with Gasteiger partial charge in [0.05, 0.1) is 7.11 Å². The Labute approximate surface area is 187 Å². The largest absolute Gasteiger partial charge is 0.497 e. The Morgan fingerprint density at radius 1 is 1.03 bits per heavy atom. The maximum atomic E-state index is 12.6. The van der Waals surface area contributed by atoms with E-state index in [2.05, 4.69) is 27.2 Å². The number of benzene rings is 2. The van der Waals surface area contributed by atoms with Crippen LogP contribution in [-0.2, 0) is 4.79 Å². The van der Waals surface area contributed by atoms with Crippen molar-refractivity contribution < 1.29 is 14.1 Å². The van der Waals surface area contributed by atoms with Gasteiger partial charge in [0.25, 0.3) is 0 Å². The summed E-state index contributed by atoms with van der Waals surface area (Å²) in [7, 11) is 1.64. The molecule has 32 heavy (non-hydrogen) atoms. The second-order valence-electron chi connectivity index (χ2n) is 8.20. The van der Waals surface area contributed by atoms with Crippen molar-refractivity contribution >= 4 is 17.7 Å². The van der Waals surface area contributed by atoms with E-state index in [0.717, 1.165) is 54.4 Å². The van der Waals surface area contributed by atoms with E-state index in [9.17, 15) is 4.79 Å². The lowest BCUT2D eigenvalue weighted by Gasteiger charge is -2.35. The second-order valence-corrected chi connectivity index (χ2v) is 8.20. The highest BCUT2D eigenvalue weighted by Crippen LogP contribution is 2.39. The lowest BCUT2D eigenvalue weighted by molar-refractivity contribution is -0.126. The molecule has 1 aliphatic heterocycles. The molecule has 0 atom stereocenters. The van der Waals surface area contributed by atoms with E-state index >= 15 is 0 Å². The minimum atomic E-state index is 0.0411. The van der Waals surface area contributed by atoms with E-state index < -0.39 is 0 Å². The summed E-state index contributed by atoms with van der Waals surface area (Å²) in [5.41, 5.74) is 3.08. The highest BCUT2D eigenvalue weighted by Gasteiger charge is 2.29. The van der Waals surface area contributed by atoms with Crippen LogP contribution in [0, 0.1) is 0 Å². The number of hydrogen-bond donors (Lipinski definition) is 0. The number of methoxy groups -OCH3 is 1. The van der Waals surface area contributed by atoms with Gasteiger partial charge in [0.1, 0.15) is 5.75 Å². The minimum Gasteiger partial charge on any atom is -0.497 e. The number of ether oxygens (including phenoxy) is 1. The fourth-order valence-corrected chi connectivity index (χ4v) is 3.84. The van der Waals surface area contributed by atoms with E-state index in [1.54, 1.807) is 13.2 Å². The van der Waals surface area contributed by atoms with E-state index in [4.69, 9.17) is 9.26 Å². The molecular weight excluding hydrogens is 404 g/mol. The maximum Gasteiger partial charge on any atom is 0.246 e. The van der Waals surface area contributed by atoms with Gasteiger partial charge >= 0.3 is 0 Å². The molecule has 1 amide bonds. The van der Waals surface area contributed by atoms with Crippen LogP contribution in [0.1, 0.15) is 30.2 Å². The Hall–Kier alpha value is -3.61. The lowest BCUT2D eigenvalue weighted by Crippen LogP contribution is -2.48. The summed E-state index contributed by atoms with van der Waals surface area (Å²) in [6.07, 6.45) is 5.78. The molecule has 1 saturated carbocycles. The Kier molecular flexibility index (Phi) is 5.62. The van der Waals surface area contributed by atoms with Crippen molar-refractivity contribution in [1.29, 1.82) is 0 Å². The SMILES string of the molecule is COc1ccc(/C=C/C(=O)N2CCN(c3ccc(-c4noc(C5CC5)n4)cc3)CC2)cc1. The summed E-state index contributed by atoms with van der Waals surface area (Å²) in [5, 5.41) is 4.11. The fraction of sp³-hybridized carbons (Fsp3) is 0.320. The van der Waals surface area contributed by atoms with Crippen LogP contribution in [0.5, 0.6) is 5.75 Å². The number of carbonyl (C=O) groups excluding carboxylic acids is 1. The van der Waals surface area contributed by atoms with Crippen LogP contribution < -0.4 is 9.64 Å². The normalized spacial score (nSPS) is 16.5. The monoisotopic (exact) mass is 430 g/mol. The van der Waals surface area contributed by atoms with Crippen molar-refractivity contribution in [2.45, 2.75) is 18.8 Å². The highest BCUT2D eigenvalue weighted by atomic mass is 16.5. The van der Waals surface area contributed by atoms with E-state index in [1.165, 1.54) is 0 Å². The van der Waals surface area contributed by atoms with Crippen molar-refractivity contribution in [3.8, 4) is 17.1 Å². The van der Waals surface area contributed by atoms with E-state index in [1.807, 2.05) is 47.4 Å². The predicted octanol–water partition coefficient (Wildman–Crippen LogP) is 3.98. The first-order chi connectivity index (χ1) is 15.7. The van der Waals surface area contributed by atoms with Gasteiger partial charge < -0.3 is 19.1 Å². The average Bonchev–Trinajstić information content (AvgIpc) is 3.59. The first-order valence-electron chi connectivity index (χ1n) is 11.0. The van der Waals surface area contributed by atoms with E-state index in [-0.39, 0.29) is 5.91 Å². The molecular formula is C25H26N4O3. The number of aromatic nitrogens is 2. The van der Waals surface area contributed by atoms with Gasteiger partial charge in [0, 0.05) is 49.4 Å². The van der Waals surface area contributed by atoms with Crippen LogP contribution in [0.4, 0.5) is 5.69 Å². The molecule has 1 saturated heterocycles. The lowest BCUT2D eigenvalue weighted by atomic mass is 10.1. The zero-order valence-corrected chi connectivity index (χ0v) is 18.1. The van der Waals surface area contributed by atoms with Crippen LogP contribution in [-0.4, -0.2) is 54.2 Å². The summed E-state index contributed by atoms with van der Waals surface area (Å²) in [5.74, 6) is 2.71. The Morgan fingerprint density at radius 2 is 1.75 bits per heavy atom. The average molecular weight is 431 g/mol. The number of piperazine rings is 1. The first kappa shape index (κ1) is 20.3. The number of nitrogens with zero attached hydrogens (tertiary/aromatic N) is 4. The molecule has 2 aliphatic rings. The summed E-state index contributed by atoms with van der Waals surface area (Å²) in [6.45, 7) is 3.00. The zero-order valence-electron chi connectivity index (χ0n) is 18.1. The molecule has 0 unspecified atom stereocenters. The molecule has 0 bridgehead atoms. The van der Waals surface area contributed by atoms with Crippen molar-refractivity contribution in [2.24, 2.45) is 0 Å². The first-order valence-corrected chi connectivity index (χ1v) is 11.0. The number of anilines is 1. The molecule has 3 aromatic rings. The van der Waals surface area contributed by atoms with Crippen LogP contribution in [0.2, 0.25) is 0 Å². The fourth-order valence-electron chi connectivity index (χ4n) is 3.84. The Morgan fingerprint density at radius 3 is 2.41 bits per heavy atom. The van der Waals surface area contributed by atoms with Gasteiger partial charge in [-0.25, -0.2) is 0 Å². The molecule has 2 fully saturated rings. The van der Waals surface area contributed by atoms with Crippen LogP contribution >= 0.6 is 0 Å².